The molecule has 0 aromatic heterocycles. The fraction of sp³-hybridized carbons (Fsp3) is 0.263. The summed E-state index contributed by atoms with van der Waals surface area (Å²) >= 11 is 0. The molecule has 24 heavy (non-hydrogen) atoms. The molecule has 5 nitrogen and oxygen atoms in total. The quantitative estimate of drug-likeness (QED) is 0.664. The van der Waals surface area contributed by atoms with Crippen LogP contribution >= 0.6 is 0 Å². The number of nitrogens with one attached hydrogen (secondary N) is 1. The number of hydrogen-bond donors (Lipinski definition) is 1. The third-order valence-electron chi connectivity index (χ3n) is 2.87. The summed E-state index contributed by atoms with van der Waals surface area (Å²) in [5, 5.41) is 3.88. The molecule has 1 N–H and O–H groups in total. The maximum absolute atomic E-state index is 11.5. The minimum atomic E-state index is -0.588. The van der Waals surface area contributed by atoms with Crippen molar-refractivity contribution in [1.82, 2.24) is 5.43 Å². The van der Waals surface area contributed by atoms with Crippen LogP contribution in [0.3, 0.4) is 0 Å². The molecule has 0 radical (unpaired) electrons. The smallest absolute Gasteiger partial charge is 0.428 e. The van der Waals surface area contributed by atoms with Crippen LogP contribution in [0.5, 0.6) is 5.75 Å². The Morgan fingerprint density at radius 2 is 1.88 bits per heavy atom. The van der Waals surface area contributed by atoms with Crippen LogP contribution < -0.4 is 10.2 Å². The van der Waals surface area contributed by atoms with Gasteiger partial charge in [0.2, 0.25) is 0 Å². The monoisotopic (exact) mass is 326 g/mol. The van der Waals surface area contributed by atoms with Crippen LogP contribution in [-0.2, 0) is 11.3 Å². The van der Waals surface area contributed by atoms with Gasteiger partial charge in [-0.15, -0.1) is 0 Å². The van der Waals surface area contributed by atoms with Crippen LogP contribution in [0.1, 0.15) is 31.9 Å². The first-order valence-corrected chi connectivity index (χ1v) is 7.71. The topological polar surface area (TPSA) is 59.9 Å². The molecule has 5 heteroatoms. The first-order chi connectivity index (χ1) is 11.4. The molecule has 0 aliphatic carbocycles. The highest BCUT2D eigenvalue weighted by atomic mass is 16.6. The van der Waals surface area contributed by atoms with Gasteiger partial charge in [-0.05, 0) is 44.0 Å². The first-order valence-electron chi connectivity index (χ1n) is 7.71. The fourth-order valence-corrected chi connectivity index (χ4v) is 1.89. The maximum Gasteiger partial charge on any atom is 0.428 e. The van der Waals surface area contributed by atoms with Crippen LogP contribution in [0.25, 0.3) is 0 Å². The van der Waals surface area contributed by atoms with E-state index >= 15 is 0 Å². The molecule has 0 saturated heterocycles. The number of carbonyl (C=O) groups excluding carboxylic acids is 1. The Hall–Kier alpha value is -2.82. The number of hydrogen-bond acceptors (Lipinski definition) is 4. The summed E-state index contributed by atoms with van der Waals surface area (Å²) in [6.07, 6.45) is 0.953. The summed E-state index contributed by atoms with van der Waals surface area (Å²) in [5.41, 5.74) is 3.70. The second-order valence-corrected chi connectivity index (χ2v) is 6.22. The Morgan fingerprint density at radius 1 is 1.12 bits per heavy atom. The van der Waals surface area contributed by atoms with Crippen molar-refractivity contribution in [2.75, 3.05) is 0 Å². The molecule has 1 amide bonds. The molecule has 126 valence electrons. The number of nitrogens with zero attached hydrogens (tertiary/aromatic N) is 1. The van der Waals surface area contributed by atoms with Crippen molar-refractivity contribution in [2.45, 2.75) is 33.0 Å². The van der Waals surface area contributed by atoms with Crippen molar-refractivity contribution in [3.63, 3.8) is 0 Å². The minimum absolute atomic E-state index is 0.498. The number of amides is 1. The van der Waals surface area contributed by atoms with E-state index in [1.807, 2.05) is 54.6 Å². The van der Waals surface area contributed by atoms with Gasteiger partial charge in [-0.3, -0.25) is 0 Å². The number of benzene rings is 2. The zero-order chi connectivity index (χ0) is 17.4. The summed E-state index contributed by atoms with van der Waals surface area (Å²) in [5.74, 6) is 0.736. The molecule has 2 rings (SSSR count). The third-order valence-corrected chi connectivity index (χ3v) is 2.87. The SMILES string of the molecule is CC(C)(C)OC(=O)N/N=C/c1cccc(OCc2ccccc2)c1. The van der Waals surface area contributed by atoms with Gasteiger partial charge in [0.15, 0.2) is 0 Å². The molecule has 0 atom stereocenters. The molecule has 2 aromatic carbocycles. The number of carbonyl (C=O) groups is 1. The Bertz CT molecular complexity index is 691. The van der Waals surface area contributed by atoms with E-state index in [1.165, 1.54) is 0 Å². The molecular weight excluding hydrogens is 304 g/mol. The first kappa shape index (κ1) is 17.5. The van der Waals surface area contributed by atoms with Crippen molar-refractivity contribution in [2.24, 2.45) is 5.10 Å². The summed E-state index contributed by atoms with van der Waals surface area (Å²) in [4.78, 5) is 11.5. The lowest BCUT2D eigenvalue weighted by Crippen LogP contribution is -2.29. The average Bonchev–Trinajstić information content (AvgIpc) is 2.53. The standard InChI is InChI=1S/C19H22N2O3/c1-19(2,3)24-18(22)21-20-13-16-10-7-11-17(12-16)23-14-15-8-5-4-6-9-15/h4-13H,14H2,1-3H3,(H,21,22)/b20-13+. The van der Waals surface area contributed by atoms with Crippen LogP contribution in [0.2, 0.25) is 0 Å². The second-order valence-electron chi connectivity index (χ2n) is 6.22. The molecule has 0 fully saturated rings. The summed E-state index contributed by atoms with van der Waals surface area (Å²) in [7, 11) is 0. The van der Waals surface area contributed by atoms with Gasteiger partial charge >= 0.3 is 6.09 Å². The molecule has 0 aliphatic rings. The Labute approximate surface area is 142 Å². The minimum Gasteiger partial charge on any atom is -0.489 e. The molecule has 2 aromatic rings. The average molecular weight is 326 g/mol. The van der Waals surface area contributed by atoms with Gasteiger partial charge in [-0.25, -0.2) is 10.2 Å². The van der Waals surface area contributed by atoms with E-state index in [1.54, 1.807) is 27.0 Å². The van der Waals surface area contributed by atoms with Gasteiger partial charge in [0.1, 0.15) is 18.0 Å². The lowest BCUT2D eigenvalue weighted by Gasteiger charge is -2.18. The number of rotatable bonds is 5. The van der Waals surface area contributed by atoms with Gasteiger partial charge in [0.25, 0.3) is 0 Å². The fourth-order valence-electron chi connectivity index (χ4n) is 1.89. The lowest BCUT2D eigenvalue weighted by molar-refractivity contribution is 0.0529. The van der Waals surface area contributed by atoms with Crippen LogP contribution in [0, 0.1) is 0 Å². The van der Waals surface area contributed by atoms with Crippen molar-refractivity contribution >= 4 is 12.3 Å². The molecule has 0 saturated carbocycles. The van der Waals surface area contributed by atoms with E-state index in [-0.39, 0.29) is 0 Å². The van der Waals surface area contributed by atoms with Crippen molar-refractivity contribution in [1.29, 1.82) is 0 Å². The van der Waals surface area contributed by atoms with Gasteiger partial charge in [-0.1, -0.05) is 42.5 Å². The number of ether oxygens (including phenoxy) is 2. The van der Waals surface area contributed by atoms with Crippen molar-refractivity contribution in [3.8, 4) is 5.75 Å². The Morgan fingerprint density at radius 3 is 2.58 bits per heavy atom. The predicted molar refractivity (Wildman–Crippen MR) is 94.2 cm³/mol. The van der Waals surface area contributed by atoms with Crippen molar-refractivity contribution < 1.29 is 14.3 Å². The van der Waals surface area contributed by atoms with E-state index in [0.29, 0.717) is 6.61 Å². The second kappa shape index (κ2) is 8.15. The largest absolute Gasteiger partial charge is 0.489 e. The highest BCUT2D eigenvalue weighted by Gasteiger charge is 2.15. The summed E-state index contributed by atoms with van der Waals surface area (Å²) in [6.45, 7) is 5.88. The summed E-state index contributed by atoms with van der Waals surface area (Å²) < 4.78 is 10.9. The van der Waals surface area contributed by atoms with Gasteiger partial charge in [0, 0.05) is 0 Å². The van der Waals surface area contributed by atoms with Crippen molar-refractivity contribution in [3.05, 3.63) is 65.7 Å². The normalized spacial score (nSPS) is 11.3. The lowest BCUT2D eigenvalue weighted by atomic mass is 10.2. The third kappa shape index (κ3) is 6.52. The van der Waals surface area contributed by atoms with E-state index in [0.717, 1.165) is 16.9 Å². The molecule has 0 spiro atoms. The predicted octanol–water partition coefficient (Wildman–Crippen LogP) is 4.12. The summed E-state index contributed by atoms with van der Waals surface area (Å²) in [6, 6.07) is 17.4. The van der Waals surface area contributed by atoms with E-state index < -0.39 is 11.7 Å². The molecule has 0 bridgehead atoms. The molecule has 0 unspecified atom stereocenters. The maximum atomic E-state index is 11.5. The van der Waals surface area contributed by atoms with Crippen LogP contribution in [0.4, 0.5) is 4.79 Å². The van der Waals surface area contributed by atoms with Crippen LogP contribution in [0.15, 0.2) is 59.7 Å². The van der Waals surface area contributed by atoms with E-state index in [2.05, 4.69) is 10.5 Å². The zero-order valence-electron chi connectivity index (χ0n) is 14.2. The van der Waals surface area contributed by atoms with E-state index in [4.69, 9.17) is 9.47 Å². The van der Waals surface area contributed by atoms with Gasteiger partial charge in [-0.2, -0.15) is 5.10 Å². The molecule has 0 heterocycles. The molecular formula is C19H22N2O3. The van der Waals surface area contributed by atoms with E-state index in [9.17, 15) is 4.79 Å². The number of hydrazone groups is 1. The molecule has 0 aliphatic heterocycles. The highest BCUT2D eigenvalue weighted by molar-refractivity contribution is 5.81. The highest BCUT2D eigenvalue weighted by Crippen LogP contribution is 2.14. The Kier molecular flexibility index (Phi) is 5.95. The van der Waals surface area contributed by atoms with Gasteiger partial charge < -0.3 is 9.47 Å². The Balaban J connectivity index is 1.88. The zero-order valence-corrected chi connectivity index (χ0v) is 14.2. The van der Waals surface area contributed by atoms with Gasteiger partial charge in [0.05, 0.1) is 6.21 Å². The van der Waals surface area contributed by atoms with Crippen LogP contribution in [-0.4, -0.2) is 17.9 Å².